The summed E-state index contributed by atoms with van der Waals surface area (Å²) in [7, 11) is 0. The van der Waals surface area contributed by atoms with Crippen LogP contribution in [0.15, 0.2) is 121 Å². The van der Waals surface area contributed by atoms with Crippen molar-refractivity contribution >= 4 is 65.8 Å². The molecule has 0 atom stereocenters. The molecule has 0 saturated carbocycles. The third-order valence-electron chi connectivity index (χ3n) is 8.33. The first-order valence-electron chi connectivity index (χ1n) is 13.8. The van der Waals surface area contributed by atoms with Gasteiger partial charge in [-0.25, -0.2) is 4.98 Å². The Bertz CT molecular complexity index is 2460. The van der Waals surface area contributed by atoms with Gasteiger partial charge in [0.15, 0.2) is 0 Å². The van der Waals surface area contributed by atoms with Gasteiger partial charge in [0.2, 0.25) is 0 Å². The van der Waals surface area contributed by atoms with E-state index in [1.165, 1.54) is 10.8 Å². The zero-order valence-corrected chi connectivity index (χ0v) is 22.1. The van der Waals surface area contributed by atoms with Crippen LogP contribution in [0, 0.1) is 0 Å². The Balaban J connectivity index is 1.43. The molecule has 0 aliphatic heterocycles. The van der Waals surface area contributed by atoms with Crippen LogP contribution in [0.1, 0.15) is 0 Å². The molecule has 0 bridgehead atoms. The van der Waals surface area contributed by atoms with Crippen LogP contribution in [0.3, 0.4) is 0 Å². The molecule has 0 unspecified atom stereocenters. The largest absolute Gasteiger partial charge is 0.327 e. The van der Waals surface area contributed by atoms with Crippen LogP contribution in [0.5, 0.6) is 0 Å². The Morgan fingerprint density at radius 2 is 1.17 bits per heavy atom. The van der Waals surface area contributed by atoms with Crippen molar-refractivity contribution in [2.45, 2.75) is 6.67 Å². The lowest BCUT2D eigenvalue weighted by atomic mass is 10.1. The lowest BCUT2D eigenvalue weighted by molar-refractivity contribution is 0.790. The molecule has 0 amide bonds. The molecule has 9 rings (SSSR count). The van der Waals surface area contributed by atoms with Crippen LogP contribution in [0.4, 0.5) is 0 Å². The van der Waals surface area contributed by atoms with E-state index in [1.54, 1.807) is 0 Å². The molecule has 4 aromatic carbocycles. The molecule has 5 heterocycles. The van der Waals surface area contributed by atoms with Gasteiger partial charge in [-0.05, 0) is 60.7 Å². The van der Waals surface area contributed by atoms with Crippen molar-refractivity contribution in [1.29, 1.82) is 0 Å². The van der Waals surface area contributed by atoms with Crippen molar-refractivity contribution in [3.05, 3.63) is 121 Å². The highest BCUT2D eigenvalue weighted by atomic mass is 15.1. The number of hydrogen-bond acceptors (Lipinski definition) is 3. The van der Waals surface area contributed by atoms with Gasteiger partial charge in [0.1, 0.15) is 11.0 Å². The average molecular weight is 529 g/mol. The minimum absolute atomic E-state index is 0.425. The van der Waals surface area contributed by atoms with E-state index in [4.69, 9.17) is 15.7 Å². The fourth-order valence-electron chi connectivity index (χ4n) is 6.60. The van der Waals surface area contributed by atoms with E-state index in [0.29, 0.717) is 6.67 Å². The Hall–Kier alpha value is -5.46. The molecule has 5 aromatic heterocycles. The van der Waals surface area contributed by atoms with Gasteiger partial charge in [0.05, 0.1) is 45.3 Å². The molecule has 2 N–H and O–H groups in total. The maximum atomic E-state index is 6.19. The number of nitrogens with two attached hydrogens (primary N) is 1. The predicted molar refractivity (Wildman–Crippen MR) is 168 cm³/mol. The SMILES string of the molecule is NCn1c2ccccc2c2cc(-n3c4cccnc4c4nc5c6ccccc6n(-c6ccccc6)c5cc43)ccc21. The highest BCUT2D eigenvalue weighted by molar-refractivity contribution is 6.15. The fraction of sp³-hybridized carbons (Fsp3) is 0.0286. The summed E-state index contributed by atoms with van der Waals surface area (Å²) in [6.45, 7) is 0.425. The standard InChI is InChI=1S/C35H24N6/c36-21-39-27-13-6-4-11-24(27)26-19-23(16-17-28(26)39)41-30-15-8-18-37-34(30)35-32(41)20-31-33(38-35)25-12-5-7-14-29(25)40(31)22-9-2-1-3-10-22/h1-20H,21,36H2. The lowest BCUT2D eigenvalue weighted by Crippen LogP contribution is -2.06. The maximum absolute atomic E-state index is 6.19. The monoisotopic (exact) mass is 528 g/mol. The number of hydrogen-bond donors (Lipinski definition) is 1. The van der Waals surface area contributed by atoms with E-state index in [-0.39, 0.29) is 0 Å². The van der Waals surface area contributed by atoms with Crippen molar-refractivity contribution in [2.24, 2.45) is 5.73 Å². The molecule has 0 radical (unpaired) electrons. The van der Waals surface area contributed by atoms with E-state index < -0.39 is 0 Å². The quantitative estimate of drug-likeness (QED) is 0.256. The van der Waals surface area contributed by atoms with Gasteiger partial charge in [0, 0.05) is 33.7 Å². The number of nitrogens with zero attached hydrogens (tertiary/aromatic N) is 5. The maximum Gasteiger partial charge on any atom is 0.116 e. The number of pyridine rings is 2. The molecule has 9 aromatic rings. The zero-order valence-electron chi connectivity index (χ0n) is 22.1. The molecular weight excluding hydrogens is 504 g/mol. The lowest BCUT2D eigenvalue weighted by Gasteiger charge is -2.10. The third-order valence-corrected chi connectivity index (χ3v) is 8.33. The average Bonchev–Trinajstić information content (AvgIpc) is 3.65. The Morgan fingerprint density at radius 3 is 2.02 bits per heavy atom. The molecule has 194 valence electrons. The van der Waals surface area contributed by atoms with E-state index >= 15 is 0 Å². The highest BCUT2D eigenvalue weighted by Crippen LogP contribution is 2.38. The second kappa shape index (κ2) is 8.27. The topological polar surface area (TPSA) is 66.6 Å². The van der Waals surface area contributed by atoms with Crippen molar-refractivity contribution < 1.29 is 0 Å². The molecule has 6 nitrogen and oxygen atoms in total. The van der Waals surface area contributed by atoms with E-state index in [2.05, 4.69) is 123 Å². The highest BCUT2D eigenvalue weighted by Gasteiger charge is 2.21. The molecule has 0 spiro atoms. The van der Waals surface area contributed by atoms with Crippen molar-refractivity contribution in [3.8, 4) is 11.4 Å². The summed E-state index contributed by atoms with van der Waals surface area (Å²) < 4.78 is 6.78. The van der Waals surface area contributed by atoms with Gasteiger partial charge in [-0.3, -0.25) is 4.98 Å². The first kappa shape index (κ1) is 22.4. The number of aromatic nitrogens is 5. The summed E-state index contributed by atoms with van der Waals surface area (Å²) in [5.41, 5.74) is 17.6. The minimum atomic E-state index is 0.425. The van der Waals surface area contributed by atoms with Crippen LogP contribution in [0.2, 0.25) is 0 Å². The summed E-state index contributed by atoms with van der Waals surface area (Å²) in [4.78, 5) is 10.2. The first-order valence-corrected chi connectivity index (χ1v) is 13.8. The Kier molecular flexibility index (Phi) is 4.51. The van der Waals surface area contributed by atoms with Crippen LogP contribution in [-0.2, 0) is 6.67 Å². The van der Waals surface area contributed by atoms with E-state index in [9.17, 15) is 0 Å². The molecule has 6 heteroatoms. The zero-order chi connectivity index (χ0) is 27.1. The van der Waals surface area contributed by atoms with Gasteiger partial charge in [-0.2, -0.15) is 0 Å². The second-order valence-corrected chi connectivity index (χ2v) is 10.4. The van der Waals surface area contributed by atoms with Gasteiger partial charge in [-0.1, -0.05) is 54.6 Å². The molecule has 0 aliphatic rings. The number of benzene rings is 4. The first-order chi connectivity index (χ1) is 20.3. The van der Waals surface area contributed by atoms with Crippen LogP contribution >= 0.6 is 0 Å². The number of rotatable bonds is 3. The summed E-state index contributed by atoms with van der Waals surface area (Å²) >= 11 is 0. The summed E-state index contributed by atoms with van der Waals surface area (Å²) in [6, 6.07) is 40.5. The van der Waals surface area contributed by atoms with Gasteiger partial charge >= 0.3 is 0 Å². The molecule has 41 heavy (non-hydrogen) atoms. The summed E-state index contributed by atoms with van der Waals surface area (Å²) in [5, 5.41) is 3.49. The molecule has 0 aliphatic carbocycles. The fourth-order valence-corrected chi connectivity index (χ4v) is 6.60. The Morgan fingerprint density at radius 1 is 0.488 bits per heavy atom. The number of para-hydroxylation sites is 3. The van der Waals surface area contributed by atoms with Crippen LogP contribution in [-0.4, -0.2) is 23.7 Å². The smallest absolute Gasteiger partial charge is 0.116 e. The normalized spacial score (nSPS) is 12.1. The van der Waals surface area contributed by atoms with Crippen molar-refractivity contribution in [3.63, 3.8) is 0 Å². The molecule has 0 saturated heterocycles. The van der Waals surface area contributed by atoms with Gasteiger partial charge < -0.3 is 19.4 Å². The van der Waals surface area contributed by atoms with E-state index in [0.717, 1.165) is 66.4 Å². The van der Waals surface area contributed by atoms with Crippen molar-refractivity contribution in [1.82, 2.24) is 23.7 Å². The predicted octanol–water partition coefficient (Wildman–Crippen LogP) is 7.69. The van der Waals surface area contributed by atoms with Crippen LogP contribution < -0.4 is 5.73 Å². The van der Waals surface area contributed by atoms with Gasteiger partial charge in [-0.15, -0.1) is 0 Å². The Labute approximate surface area is 234 Å². The van der Waals surface area contributed by atoms with Crippen molar-refractivity contribution in [2.75, 3.05) is 0 Å². The number of fused-ring (bicyclic) bond motifs is 9. The third kappa shape index (κ3) is 2.99. The van der Waals surface area contributed by atoms with E-state index in [1.807, 2.05) is 12.3 Å². The minimum Gasteiger partial charge on any atom is -0.327 e. The van der Waals surface area contributed by atoms with Gasteiger partial charge in [0.25, 0.3) is 0 Å². The van der Waals surface area contributed by atoms with Crippen LogP contribution in [0.25, 0.3) is 77.2 Å². The summed E-state index contributed by atoms with van der Waals surface area (Å²) in [5.74, 6) is 0. The summed E-state index contributed by atoms with van der Waals surface area (Å²) in [6.07, 6.45) is 1.85. The second-order valence-electron chi connectivity index (χ2n) is 10.4. The molecular formula is C35H24N6. The molecule has 0 fully saturated rings.